The summed E-state index contributed by atoms with van der Waals surface area (Å²) in [6, 6.07) is 6.38. The molecule has 2 aromatic heterocycles. The summed E-state index contributed by atoms with van der Waals surface area (Å²) in [4.78, 5) is 16.1. The minimum absolute atomic E-state index is 0.125. The van der Waals surface area contributed by atoms with Gasteiger partial charge in [-0.2, -0.15) is 0 Å². The van der Waals surface area contributed by atoms with Crippen molar-refractivity contribution in [1.29, 1.82) is 0 Å². The minimum Gasteiger partial charge on any atom is -0.465 e. The van der Waals surface area contributed by atoms with E-state index in [1.165, 1.54) is 19.5 Å². The molecule has 0 aliphatic rings. The normalized spacial score (nSPS) is 10.8. The van der Waals surface area contributed by atoms with Crippen molar-refractivity contribution in [3.63, 3.8) is 0 Å². The van der Waals surface area contributed by atoms with Crippen molar-refractivity contribution in [2.45, 2.75) is 0 Å². The first-order chi connectivity index (χ1) is 11.0. The lowest BCUT2D eigenvalue weighted by Crippen LogP contribution is -2.06. The number of rotatable bonds is 3. The number of benzene rings is 1. The number of aromatic nitrogens is 2. The Kier molecular flexibility index (Phi) is 4.40. The van der Waals surface area contributed by atoms with Gasteiger partial charge >= 0.3 is 5.97 Å². The Morgan fingerprint density at radius 1 is 1.43 bits per heavy atom. The molecule has 3 aromatic rings. The molecule has 0 saturated heterocycles. The number of anilines is 2. The van der Waals surface area contributed by atoms with Crippen molar-refractivity contribution in [2.75, 3.05) is 12.4 Å². The molecule has 0 aliphatic carbocycles. The smallest absolute Gasteiger partial charge is 0.343 e. The van der Waals surface area contributed by atoms with Crippen LogP contribution in [0.5, 0.6) is 0 Å². The lowest BCUT2D eigenvalue weighted by Gasteiger charge is -2.10. The average Bonchev–Trinajstić information content (AvgIpc) is 2.82. The number of ether oxygens (including phenoxy) is 1. The van der Waals surface area contributed by atoms with Crippen LogP contribution in [-0.4, -0.2) is 22.5 Å². The maximum absolute atomic E-state index is 14.1. The number of carbonyl (C=O) groups excluding carboxylic acids is 1. The van der Waals surface area contributed by atoms with Crippen LogP contribution < -0.4 is 5.32 Å². The molecule has 0 atom stereocenters. The number of nitrogens with zero attached hydrogens (tertiary/aromatic N) is 2. The van der Waals surface area contributed by atoms with Gasteiger partial charge in [0.2, 0.25) is 0 Å². The van der Waals surface area contributed by atoms with Gasteiger partial charge in [0.05, 0.1) is 23.3 Å². The fourth-order valence-electron chi connectivity index (χ4n) is 2.20. The molecular formula is C15H10ClFIN3O2. The van der Waals surface area contributed by atoms with E-state index in [9.17, 15) is 9.18 Å². The monoisotopic (exact) mass is 445 g/mol. The Balaban J connectivity index is 2.21. The lowest BCUT2D eigenvalue weighted by atomic mass is 10.2. The minimum atomic E-state index is -0.618. The number of halogens is 3. The molecule has 0 spiro atoms. The van der Waals surface area contributed by atoms with E-state index < -0.39 is 11.8 Å². The van der Waals surface area contributed by atoms with Crippen molar-refractivity contribution in [3.8, 4) is 0 Å². The Morgan fingerprint density at radius 3 is 2.91 bits per heavy atom. The molecule has 2 heterocycles. The number of carbonyl (C=O) groups is 1. The number of esters is 1. The van der Waals surface area contributed by atoms with E-state index in [4.69, 9.17) is 16.3 Å². The maximum Gasteiger partial charge on any atom is 0.343 e. The zero-order chi connectivity index (χ0) is 16.6. The summed E-state index contributed by atoms with van der Waals surface area (Å²) < 4.78 is 21.2. The molecule has 0 bridgehead atoms. The Hall–Kier alpha value is -1.87. The molecule has 8 heteroatoms. The van der Waals surface area contributed by atoms with Crippen LogP contribution in [-0.2, 0) is 4.74 Å². The van der Waals surface area contributed by atoms with E-state index in [0.29, 0.717) is 11.3 Å². The molecule has 1 aromatic carbocycles. The summed E-state index contributed by atoms with van der Waals surface area (Å²) in [6.07, 6.45) is 3.04. The molecule has 3 rings (SSSR count). The summed E-state index contributed by atoms with van der Waals surface area (Å²) in [5, 5.41) is 3.12. The highest BCUT2D eigenvalue weighted by Crippen LogP contribution is 2.34. The third kappa shape index (κ3) is 2.86. The van der Waals surface area contributed by atoms with Crippen LogP contribution in [0.1, 0.15) is 10.4 Å². The summed E-state index contributed by atoms with van der Waals surface area (Å²) in [6.45, 7) is 0. The van der Waals surface area contributed by atoms with Crippen molar-refractivity contribution in [1.82, 2.24) is 9.38 Å². The quantitative estimate of drug-likeness (QED) is 0.483. The van der Waals surface area contributed by atoms with Crippen molar-refractivity contribution in [2.24, 2.45) is 0 Å². The van der Waals surface area contributed by atoms with Crippen LogP contribution in [0.25, 0.3) is 5.52 Å². The second kappa shape index (κ2) is 6.32. The van der Waals surface area contributed by atoms with Crippen molar-refractivity contribution in [3.05, 3.63) is 56.8 Å². The number of hydrogen-bond acceptors (Lipinski definition) is 4. The van der Waals surface area contributed by atoms with Gasteiger partial charge in [0.1, 0.15) is 23.5 Å². The second-order valence-corrected chi connectivity index (χ2v) is 6.24. The summed E-state index contributed by atoms with van der Waals surface area (Å²) >= 11 is 8.30. The molecule has 0 aliphatic heterocycles. The highest BCUT2D eigenvalue weighted by atomic mass is 127. The third-order valence-corrected chi connectivity index (χ3v) is 4.31. The summed E-state index contributed by atoms with van der Waals surface area (Å²) in [5.74, 6) is -0.764. The number of hydrogen-bond donors (Lipinski definition) is 1. The molecule has 118 valence electrons. The van der Waals surface area contributed by atoms with E-state index in [0.717, 1.165) is 3.57 Å². The van der Waals surface area contributed by atoms with Crippen LogP contribution >= 0.6 is 34.2 Å². The predicted molar refractivity (Wildman–Crippen MR) is 93.9 cm³/mol. The van der Waals surface area contributed by atoms with E-state index in [1.807, 2.05) is 22.6 Å². The molecule has 0 amide bonds. The van der Waals surface area contributed by atoms with E-state index >= 15 is 0 Å². The SMILES string of the molecule is COC(=O)c1c(Cl)c2ccncn2c1Nc1ccc(I)cc1F. The number of nitrogens with one attached hydrogen (secondary N) is 1. The van der Waals surface area contributed by atoms with Crippen LogP contribution in [0.15, 0.2) is 36.8 Å². The fourth-order valence-corrected chi connectivity index (χ4v) is 2.97. The van der Waals surface area contributed by atoms with Crippen molar-refractivity contribution >= 4 is 57.2 Å². The molecule has 0 fully saturated rings. The van der Waals surface area contributed by atoms with Gasteiger partial charge in [-0.05, 0) is 46.9 Å². The van der Waals surface area contributed by atoms with Gasteiger partial charge in [-0.25, -0.2) is 14.2 Å². The molecule has 1 N–H and O–H groups in total. The van der Waals surface area contributed by atoms with Crippen LogP contribution in [0.4, 0.5) is 15.9 Å². The van der Waals surface area contributed by atoms with Crippen molar-refractivity contribution < 1.29 is 13.9 Å². The molecule has 0 saturated carbocycles. The first kappa shape index (κ1) is 16.0. The molecule has 0 radical (unpaired) electrons. The fraction of sp³-hybridized carbons (Fsp3) is 0.0667. The van der Waals surface area contributed by atoms with E-state index in [-0.39, 0.29) is 16.3 Å². The Morgan fingerprint density at radius 2 is 2.22 bits per heavy atom. The molecular weight excluding hydrogens is 436 g/mol. The lowest BCUT2D eigenvalue weighted by molar-refractivity contribution is 0.0602. The highest BCUT2D eigenvalue weighted by molar-refractivity contribution is 14.1. The summed E-state index contributed by atoms with van der Waals surface area (Å²) in [7, 11) is 1.26. The highest BCUT2D eigenvalue weighted by Gasteiger charge is 2.24. The Labute approximate surface area is 149 Å². The first-order valence-electron chi connectivity index (χ1n) is 6.47. The molecule has 23 heavy (non-hydrogen) atoms. The average molecular weight is 446 g/mol. The summed E-state index contributed by atoms with van der Waals surface area (Å²) in [5.41, 5.74) is 0.908. The van der Waals surface area contributed by atoms with Gasteiger partial charge in [0.25, 0.3) is 0 Å². The molecule has 0 unspecified atom stereocenters. The van der Waals surface area contributed by atoms with Gasteiger partial charge < -0.3 is 10.1 Å². The zero-order valence-corrected chi connectivity index (χ0v) is 14.7. The number of fused-ring (bicyclic) bond motifs is 1. The van der Waals surface area contributed by atoms with Gasteiger partial charge in [-0.3, -0.25) is 4.40 Å². The molecule has 5 nitrogen and oxygen atoms in total. The topological polar surface area (TPSA) is 55.6 Å². The largest absolute Gasteiger partial charge is 0.465 e. The van der Waals surface area contributed by atoms with Gasteiger partial charge in [-0.15, -0.1) is 0 Å². The second-order valence-electron chi connectivity index (χ2n) is 4.61. The van der Waals surface area contributed by atoms with E-state index in [2.05, 4.69) is 10.3 Å². The Bertz CT molecular complexity index is 913. The maximum atomic E-state index is 14.1. The standard InChI is InChI=1S/C15H10ClFIN3O2/c1-23-15(22)12-13(16)11-4-5-19-7-21(11)14(12)20-10-3-2-8(18)6-9(10)17/h2-7,20H,1H3. The zero-order valence-electron chi connectivity index (χ0n) is 11.8. The van der Waals surface area contributed by atoms with Crippen LogP contribution in [0, 0.1) is 9.39 Å². The number of methoxy groups -OCH3 is 1. The van der Waals surface area contributed by atoms with Crippen LogP contribution in [0.2, 0.25) is 5.02 Å². The van der Waals surface area contributed by atoms with E-state index in [1.54, 1.807) is 28.8 Å². The predicted octanol–water partition coefficient (Wildman–Crippen LogP) is 4.26. The third-order valence-electron chi connectivity index (χ3n) is 3.26. The van der Waals surface area contributed by atoms with Gasteiger partial charge in [0.15, 0.2) is 0 Å². The van der Waals surface area contributed by atoms with Gasteiger partial charge in [-0.1, -0.05) is 11.6 Å². The van der Waals surface area contributed by atoms with Gasteiger partial charge in [0, 0.05) is 9.77 Å². The van der Waals surface area contributed by atoms with Crippen LogP contribution in [0.3, 0.4) is 0 Å². The first-order valence-corrected chi connectivity index (χ1v) is 7.92.